The van der Waals surface area contributed by atoms with Crippen LogP contribution >= 0.6 is 0 Å². The molecular formula is C18H24N2O3. The van der Waals surface area contributed by atoms with Crippen molar-refractivity contribution in [1.82, 2.24) is 9.88 Å². The van der Waals surface area contributed by atoms with Crippen LogP contribution in [-0.2, 0) is 4.74 Å². The average molecular weight is 316 g/mol. The van der Waals surface area contributed by atoms with E-state index in [1.165, 1.54) is 0 Å². The zero-order valence-electron chi connectivity index (χ0n) is 13.9. The van der Waals surface area contributed by atoms with E-state index in [9.17, 15) is 4.79 Å². The minimum absolute atomic E-state index is 0.211. The number of fused-ring (bicyclic) bond motifs is 1. The van der Waals surface area contributed by atoms with E-state index >= 15 is 0 Å². The lowest BCUT2D eigenvalue weighted by molar-refractivity contribution is 0.0268. The van der Waals surface area contributed by atoms with Crippen molar-refractivity contribution in [3.05, 3.63) is 42.6 Å². The summed E-state index contributed by atoms with van der Waals surface area (Å²) in [4.78, 5) is 16.2. The first kappa shape index (κ1) is 16.9. The zero-order valence-corrected chi connectivity index (χ0v) is 13.9. The van der Waals surface area contributed by atoms with E-state index in [-0.39, 0.29) is 6.09 Å². The van der Waals surface area contributed by atoms with Crippen LogP contribution < -0.4 is 0 Å². The second kappa shape index (κ2) is 7.22. The summed E-state index contributed by atoms with van der Waals surface area (Å²) in [6.45, 7) is 7.08. The van der Waals surface area contributed by atoms with Crippen molar-refractivity contribution in [2.24, 2.45) is 0 Å². The highest BCUT2D eigenvalue weighted by Crippen LogP contribution is 2.17. The SMILES string of the molecule is CC(C)(C)OC(=O)N1CC=CCC1.Oc1ccc2[nH]ccc2c1. The van der Waals surface area contributed by atoms with Gasteiger partial charge in [-0.1, -0.05) is 12.2 Å². The third kappa shape index (κ3) is 5.36. The highest BCUT2D eigenvalue weighted by atomic mass is 16.6. The van der Waals surface area contributed by atoms with Gasteiger partial charge >= 0.3 is 6.09 Å². The molecule has 2 N–H and O–H groups in total. The number of carbonyl (C=O) groups is 1. The summed E-state index contributed by atoms with van der Waals surface area (Å²) >= 11 is 0. The minimum atomic E-state index is -0.391. The normalized spacial score (nSPS) is 14.3. The van der Waals surface area contributed by atoms with Crippen molar-refractivity contribution >= 4 is 17.0 Å². The van der Waals surface area contributed by atoms with E-state index < -0.39 is 5.60 Å². The van der Waals surface area contributed by atoms with Crippen LogP contribution in [0.15, 0.2) is 42.6 Å². The second-order valence-electron chi connectivity index (χ2n) is 6.44. The Hall–Kier alpha value is -2.43. The molecule has 1 amide bonds. The number of aromatic nitrogens is 1. The first-order chi connectivity index (χ1) is 10.8. The fraction of sp³-hybridized carbons (Fsp3) is 0.389. The van der Waals surface area contributed by atoms with E-state index in [4.69, 9.17) is 9.84 Å². The Morgan fingerprint density at radius 2 is 2.04 bits per heavy atom. The number of aromatic hydroxyl groups is 1. The van der Waals surface area contributed by atoms with Crippen LogP contribution in [0.1, 0.15) is 27.2 Å². The van der Waals surface area contributed by atoms with Gasteiger partial charge in [0.05, 0.1) is 0 Å². The smallest absolute Gasteiger partial charge is 0.410 e. The molecule has 0 atom stereocenters. The highest BCUT2D eigenvalue weighted by molar-refractivity contribution is 5.80. The predicted octanol–water partition coefficient (Wildman–Crippen LogP) is 4.06. The molecule has 5 nitrogen and oxygen atoms in total. The Bertz CT molecular complexity index is 683. The van der Waals surface area contributed by atoms with Crippen molar-refractivity contribution in [2.45, 2.75) is 32.8 Å². The number of hydrogen-bond donors (Lipinski definition) is 2. The van der Waals surface area contributed by atoms with Crippen LogP contribution in [0.3, 0.4) is 0 Å². The maximum Gasteiger partial charge on any atom is 0.410 e. The molecule has 0 unspecified atom stereocenters. The number of hydrogen-bond acceptors (Lipinski definition) is 3. The summed E-state index contributed by atoms with van der Waals surface area (Å²) in [5, 5.41) is 10.1. The van der Waals surface area contributed by atoms with E-state index in [1.54, 1.807) is 17.0 Å². The van der Waals surface area contributed by atoms with E-state index in [2.05, 4.69) is 11.1 Å². The minimum Gasteiger partial charge on any atom is -0.508 e. The molecule has 2 aromatic rings. The summed E-state index contributed by atoms with van der Waals surface area (Å²) in [6.07, 6.45) is 6.65. The summed E-state index contributed by atoms with van der Waals surface area (Å²) in [6, 6.07) is 7.17. The molecule has 0 saturated carbocycles. The molecule has 1 aliphatic heterocycles. The third-order valence-corrected chi connectivity index (χ3v) is 3.25. The van der Waals surface area contributed by atoms with Crippen LogP contribution in [0, 0.1) is 0 Å². The van der Waals surface area contributed by atoms with Gasteiger partial charge in [0.2, 0.25) is 0 Å². The average Bonchev–Trinajstić information content (AvgIpc) is 2.94. The van der Waals surface area contributed by atoms with Crippen LogP contribution in [-0.4, -0.2) is 39.8 Å². The number of ether oxygens (including phenoxy) is 1. The zero-order chi connectivity index (χ0) is 16.9. The fourth-order valence-corrected chi connectivity index (χ4v) is 2.17. The molecule has 124 valence electrons. The highest BCUT2D eigenvalue weighted by Gasteiger charge is 2.21. The van der Waals surface area contributed by atoms with Crippen LogP contribution in [0.5, 0.6) is 5.75 Å². The number of nitrogens with one attached hydrogen (secondary N) is 1. The molecule has 0 bridgehead atoms. The molecule has 0 aliphatic carbocycles. The van der Waals surface area contributed by atoms with Gasteiger partial charge in [0, 0.05) is 30.2 Å². The summed E-state index contributed by atoms with van der Waals surface area (Å²) in [5.41, 5.74) is 0.663. The summed E-state index contributed by atoms with van der Waals surface area (Å²) in [5.74, 6) is 0.312. The number of phenols is 1. The molecule has 2 heterocycles. The number of phenolic OH excluding ortho intramolecular Hbond substituents is 1. The molecule has 0 saturated heterocycles. The Morgan fingerprint density at radius 1 is 1.26 bits per heavy atom. The van der Waals surface area contributed by atoms with Gasteiger partial charge in [-0.15, -0.1) is 0 Å². The Morgan fingerprint density at radius 3 is 2.70 bits per heavy atom. The molecular weight excluding hydrogens is 292 g/mol. The second-order valence-corrected chi connectivity index (χ2v) is 6.44. The quantitative estimate of drug-likeness (QED) is 0.720. The lowest BCUT2D eigenvalue weighted by Crippen LogP contribution is -2.38. The Balaban J connectivity index is 0.000000172. The van der Waals surface area contributed by atoms with E-state index in [1.807, 2.05) is 45.2 Å². The van der Waals surface area contributed by atoms with Gasteiger partial charge in [0.1, 0.15) is 11.4 Å². The van der Waals surface area contributed by atoms with Gasteiger partial charge in [-0.3, -0.25) is 0 Å². The number of H-pyrrole nitrogens is 1. The first-order valence-corrected chi connectivity index (χ1v) is 7.74. The Kier molecular flexibility index (Phi) is 5.32. The maximum absolute atomic E-state index is 11.5. The van der Waals surface area contributed by atoms with Crippen molar-refractivity contribution in [1.29, 1.82) is 0 Å². The van der Waals surface area contributed by atoms with Gasteiger partial charge in [0.15, 0.2) is 0 Å². The molecule has 3 rings (SSSR count). The van der Waals surface area contributed by atoms with Crippen LogP contribution in [0.25, 0.3) is 10.9 Å². The lowest BCUT2D eigenvalue weighted by atomic mass is 10.2. The van der Waals surface area contributed by atoms with Crippen molar-refractivity contribution in [3.8, 4) is 5.75 Å². The van der Waals surface area contributed by atoms with E-state index in [0.717, 1.165) is 23.9 Å². The van der Waals surface area contributed by atoms with Crippen LogP contribution in [0.4, 0.5) is 4.79 Å². The topological polar surface area (TPSA) is 65.6 Å². The van der Waals surface area contributed by atoms with Crippen molar-refractivity contribution < 1.29 is 14.6 Å². The first-order valence-electron chi connectivity index (χ1n) is 7.74. The standard InChI is InChI=1S/C10H17NO2.C8H7NO/c1-10(2,3)13-9(12)11-7-5-4-6-8-11;10-7-1-2-8-6(5-7)3-4-9-8/h4-5H,6-8H2,1-3H3;1-5,9-10H. The number of benzene rings is 1. The van der Waals surface area contributed by atoms with E-state index in [0.29, 0.717) is 12.3 Å². The molecule has 0 radical (unpaired) electrons. The number of aromatic amines is 1. The monoisotopic (exact) mass is 316 g/mol. The van der Waals surface area contributed by atoms with Gasteiger partial charge < -0.3 is 19.7 Å². The van der Waals surface area contributed by atoms with Gasteiger partial charge in [-0.05, 0) is 51.5 Å². The lowest BCUT2D eigenvalue weighted by Gasteiger charge is -2.27. The molecule has 1 aromatic heterocycles. The summed E-state index contributed by atoms with van der Waals surface area (Å²) in [7, 11) is 0. The Labute approximate surface area is 136 Å². The molecule has 1 aliphatic rings. The molecule has 23 heavy (non-hydrogen) atoms. The largest absolute Gasteiger partial charge is 0.508 e. The maximum atomic E-state index is 11.5. The number of amides is 1. The number of carbonyl (C=O) groups excluding carboxylic acids is 1. The number of nitrogens with zero attached hydrogens (tertiary/aromatic N) is 1. The van der Waals surface area contributed by atoms with Gasteiger partial charge in [-0.25, -0.2) is 4.79 Å². The fourth-order valence-electron chi connectivity index (χ4n) is 2.17. The van der Waals surface area contributed by atoms with Gasteiger partial charge in [0.25, 0.3) is 0 Å². The third-order valence-electron chi connectivity index (χ3n) is 3.25. The molecule has 1 aromatic carbocycles. The molecule has 5 heteroatoms. The number of rotatable bonds is 0. The van der Waals surface area contributed by atoms with Crippen molar-refractivity contribution in [2.75, 3.05) is 13.1 Å². The molecule has 0 fully saturated rings. The van der Waals surface area contributed by atoms with Crippen LogP contribution in [0.2, 0.25) is 0 Å². The molecule has 0 spiro atoms. The summed E-state index contributed by atoms with van der Waals surface area (Å²) < 4.78 is 5.23. The van der Waals surface area contributed by atoms with Crippen molar-refractivity contribution in [3.63, 3.8) is 0 Å². The predicted molar refractivity (Wildman–Crippen MR) is 91.5 cm³/mol. The van der Waals surface area contributed by atoms with Gasteiger partial charge in [-0.2, -0.15) is 0 Å².